The molecular formula is C11H23N3O. The quantitative estimate of drug-likeness (QED) is 0.525. The Bertz CT molecular complexity index is 214. The third-order valence-electron chi connectivity index (χ3n) is 2.46. The number of nitrogens with one attached hydrogen (secondary N) is 1. The van der Waals surface area contributed by atoms with Gasteiger partial charge in [-0.15, -0.1) is 0 Å². The van der Waals surface area contributed by atoms with Crippen molar-refractivity contribution >= 4 is 5.91 Å². The normalized spacial score (nSPS) is 12.5. The van der Waals surface area contributed by atoms with E-state index in [0.717, 1.165) is 25.8 Å². The van der Waals surface area contributed by atoms with E-state index in [1.54, 1.807) is 0 Å². The van der Waals surface area contributed by atoms with Crippen LogP contribution in [0.4, 0.5) is 0 Å². The monoisotopic (exact) mass is 213 g/mol. The number of carbonyl (C=O) groups excluding carboxylic acids is 1. The van der Waals surface area contributed by atoms with Crippen molar-refractivity contribution in [2.75, 3.05) is 6.54 Å². The molecule has 0 saturated heterocycles. The zero-order valence-electron chi connectivity index (χ0n) is 9.75. The molecule has 0 rings (SSSR count). The molecule has 1 amide bonds. The van der Waals surface area contributed by atoms with E-state index in [1.165, 1.54) is 0 Å². The van der Waals surface area contributed by atoms with Gasteiger partial charge in [-0.2, -0.15) is 0 Å². The molecule has 0 spiro atoms. The summed E-state index contributed by atoms with van der Waals surface area (Å²) in [6.45, 7) is 8.39. The molecule has 0 heterocycles. The fourth-order valence-corrected chi connectivity index (χ4v) is 1.54. The minimum atomic E-state index is -0.193. The third-order valence-corrected chi connectivity index (χ3v) is 2.46. The predicted octanol–water partition coefficient (Wildman–Crippen LogP) is 0.934. The van der Waals surface area contributed by atoms with E-state index in [-0.39, 0.29) is 11.8 Å². The van der Waals surface area contributed by atoms with Crippen LogP contribution in [0, 0.1) is 11.8 Å². The highest BCUT2D eigenvalue weighted by atomic mass is 16.1. The van der Waals surface area contributed by atoms with E-state index in [1.807, 2.05) is 13.8 Å². The van der Waals surface area contributed by atoms with Gasteiger partial charge in [0.2, 0.25) is 5.91 Å². The SMILES string of the molecule is C=C(N)NCCCCC(C(N)=O)C(C)C. The lowest BCUT2D eigenvalue weighted by Gasteiger charge is -2.16. The maximum Gasteiger partial charge on any atom is 0.220 e. The van der Waals surface area contributed by atoms with Gasteiger partial charge in [-0.25, -0.2) is 0 Å². The summed E-state index contributed by atoms with van der Waals surface area (Å²) < 4.78 is 0. The van der Waals surface area contributed by atoms with Crippen LogP contribution in [0.5, 0.6) is 0 Å². The van der Waals surface area contributed by atoms with E-state index in [4.69, 9.17) is 11.5 Å². The molecule has 5 N–H and O–H groups in total. The van der Waals surface area contributed by atoms with Crippen LogP contribution in [0.1, 0.15) is 33.1 Å². The number of rotatable bonds is 8. The van der Waals surface area contributed by atoms with Crippen molar-refractivity contribution in [1.82, 2.24) is 5.32 Å². The van der Waals surface area contributed by atoms with Crippen molar-refractivity contribution in [1.29, 1.82) is 0 Å². The average molecular weight is 213 g/mol. The zero-order chi connectivity index (χ0) is 11.8. The second kappa shape index (κ2) is 7.15. The number of amides is 1. The standard InChI is InChI=1S/C11H23N3O/c1-8(2)10(11(13)15)6-4-5-7-14-9(3)12/h8,10,14H,3-7,12H2,1-2H3,(H2,13,15). The van der Waals surface area contributed by atoms with Gasteiger partial charge in [0.15, 0.2) is 0 Å². The highest BCUT2D eigenvalue weighted by Gasteiger charge is 2.18. The van der Waals surface area contributed by atoms with Crippen molar-refractivity contribution in [3.8, 4) is 0 Å². The molecule has 1 unspecified atom stereocenters. The molecule has 0 aromatic heterocycles. The maximum absolute atomic E-state index is 11.1. The molecular weight excluding hydrogens is 190 g/mol. The van der Waals surface area contributed by atoms with Crippen molar-refractivity contribution in [3.63, 3.8) is 0 Å². The number of nitrogens with two attached hydrogens (primary N) is 2. The van der Waals surface area contributed by atoms with Crippen LogP contribution < -0.4 is 16.8 Å². The molecule has 0 aliphatic rings. The minimum absolute atomic E-state index is 0.00826. The molecule has 0 saturated carbocycles. The summed E-state index contributed by atoms with van der Waals surface area (Å²) >= 11 is 0. The van der Waals surface area contributed by atoms with Gasteiger partial charge in [-0.05, 0) is 18.8 Å². The Morgan fingerprint density at radius 3 is 2.33 bits per heavy atom. The van der Waals surface area contributed by atoms with Gasteiger partial charge in [0.1, 0.15) is 0 Å². The fraction of sp³-hybridized carbons (Fsp3) is 0.727. The first-order chi connectivity index (χ1) is 6.95. The first kappa shape index (κ1) is 13.8. The van der Waals surface area contributed by atoms with Gasteiger partial charge in [0.05, 0.1) is 5.82 Å². The Hall–Kier alpha value is -1.19. The Labute approximate surface area is 92.1 Å². The Morgan fingerprint density at radius 1 is 1.33 bits per heavy atom. The number of hydrogen-bond donors (Lipinski definition) is 3. The Kier molecular flexibility index (Phi) is 6.58. The molecule has 88 valence electrons. The first-order valence-corrected chi connectivity index (χ1v) is 5.42. The van der Waals surface area contributed by atoms with Crippen LogP contribution in [-0.2, 0) is 4.79 Å². The molecule has 0 aromatic rings. The summed E-state index contributed by atoms with van der Waals surface area (Å²) in [5, 5.41) is 2.94. The van der Waals surface area contributed by atoms with Gasteiger partial charge in [-0.1, -0.05) is 26.8 Å². The fourth-order valence-electron chi connectivity index (χ4n) is 1.54. The topological polar surface area (TPSA) is 81.1 Å². The average Bonchev–Trinajstić information content (AvgIpc) is 2.08. The van der Waals surface area contributed by atoms with Crippen LogP contribution >= 0.6 is 0 Å². The van der Waals surface area contributed by atoms with Gasteiger partial charge < -0.3 is 16.8 Å². The molecule has 15 heavy (non-hydrogen) atoms. The lowest BCUT2D eigenvalue weighted by Crippen LogP contribution is -2.27. The summed E-state index contributed by atoms with van der Waals surface area (Å²) in [6, 6.07) is 0. The zero-order valence-corrected chi connectivity index (χ0v) is 9.75. The van der Waals surface area contributed by atoms with E-state index in [0.29, 0.717) is 11.7 Å². The second-order valence-corrected chi connectivity index (χ2v) is 4.20. The van der Waals surface area contributed by atoms with E-state index < -0.39 is 0 Å². The van der Waals surface area contributed by atoms with Gasteiger partial charge in [0.25, 0.3) is 0 Å². The molecule has 0 aromatic carbocycles. The van der Waals surface area contributed by atoms with Crippen LogP contribution in [0.25, 0.3) is 0 Å². The number of carbonyl (C=O) groups is 1. The lowest BCUT2D eigenvalue weighted by molar-refractivity contribution is -0.123. The predicted molar refractivity (Wildman–Crippen MR) is 62.7 cm³/mol. The Balaban J connectivity index is 3.63. The third kappa shape index (κ3) is 6.82. The van der Waals surface area contributed by atoms with Crippen molar-refractivity contribution in [3.05, 3.63) is 12.4 Å². The van der Waals surface area contributed by atoms with E-state index in [2.05, 4.69) is 11.9 Å². The maximum atomic E-state index is 11.1. The number of unbranched alkanes of at least 4 members (excludes halogenated alkanes) is 1. The summed E-state index contributed by atoms with van der Waals surface area (Å²) in [5.74, 6) is 0.609. The van der Waals surface area contributed by atoms with Crippen molar-refractivity contribution < 1.29 is 4.79 Å². The van der Waals surface area contributed by atoms with E-state index >= 15 is 0 Å². The van der Waals surface area contributed by atoms with Crippen LogP contribution in [0.3, 0.4) is 0 Å². The summed E-state index contributed by atoms with van der Waals surface area (Å²) in [7, 11) is 0. The number of hydrogen-bond acceptors (Lipinski definition) is 3. The highest BCUT2D eigenvalue weighted by Crippen LogP contribution is 2.17. The molecule has 0 aliphatic carbocycles. The lowest BCUT2D eigenvalue weighted by atomic mass is 9.90. The second-order valence-electron chi connectivity index (χ2n) is 4.20. The van der Waals surface area contributed by atoms with Crippen molar-refractivity contribution in [2.45, 2.75) is 33.1 Å². The molecule has 4 nitrogen and oxygen atoms in total. The van der Waals surface area contributed by atoms with Crippen molar-refractivity contribution in [2.24, 2.45) is 23.3 Å². The van der Waals surface area contributed by atoms with Crippen LogP contribution in [0.2, 0.25) is 0 Å². The minimum Gasteiger partial charge on any atom is -0.386 e. The van der Waals surface area contributed by atoms with Gasteiger partial charge >= 0.3 is 0 Å². The molecule has 0 fully saturated rings. The molecule has 0 aliphatic heterocycles. The smallest absolute Gasteiger partial charge is 0.220 e. The molecule has 1 atom stereocenters. The van der Waals surface area contributed by atoms with Crippen LogP contribution in [0.15, 0.2) is 12.4 Å². The Morgan fingerprint density at radius 2 is 1.93 bits per heavy atom. The molecule has 0 bridgehead atoms. The van der Waals surface area contributed by atoms with Gasteiger partial charge in [-0.3, -0.25) is 4.79 Å². The summed E-state index contributed by atoms with van der Waals surface area (Å²) in [6.07, 6.45) is 2.81. The summed E-state index contributed by atoms with van der Waals surface area (Å²) in [4.78, 5) is 11.1. The van der Waals surface area contributed by atoms with Gasteiger partial charge in [0, 0.05) is 12.5 Å². The molecule has 0 radical (unpaired) electrons. The van der Waals surface area contributed by atoms with E-state index in [9.17, 15) is 4.79 Å². The summed E-state index contributed by atoms with van der Waals surface area (Å²) in [5.41, 5.74) is 10.7. The molecule has 4 heteroatoms. The first-order valence-electron chi connectivity index (χ1n) is 5.42. The van der Waals surface area contributed by atoms with Crippen LogP contribution in [-0.4, -0.2) is 12.5 Å². The number of primary amides is 1. The largest absolute Gasteiger partial charge is 0.386 e. The highest BCUT2D eigenvalue weighted by molar-refractivity contribution is 5.76.